The quantitative estimate of drug-likeness (QED) is 0.668. The predicted molar refractivity (Wildman–Crippen MR) is 46.6 cm³/mol. The van der Waals surface area contributed by atoms with Gasteiger partial charge in [-0.1, -0.05) is 0 Å². The zero-order valence-electron chi connectivity index (χ0n) is 7.18. The number of nitrogens with two attached hydrogens (primary N) is 2. The number of sulfonamides is 1. The molecule has 0 bridgehead atoms. The predicted octanol–water partition coefficient (Wildman–Crippen LogP) is -0.0456. The molecule has 9 heteroatoms. The number of hydrogen-bond donors (Lipinski definition) is 3. The normalized spacial score (nSPS) is 12.0. The number of nitrogens with zero attached hydrogens (tertiary/aromatic N) is 1. The van der Waals surface area contributed by atoms with Gasteiger partial charge in [0.1, 0.15) is 10.6 Å². The lowest BCUT2D eigenvalue weighted by Crippen LogP contribution is -2.18. The summed E-state index contributed by atoms with van der Waals surface area (Å²) in [5.41, 5.74) is 3.32. The van der Waals surface area contributed by atoms with Crippen molar-refractivity contribution in [3.8, 4) is 5.75 Å². The fraction of sp³-hybridized carbons (Fsp3) is 0.167. The molecule has 1 rings (SSSR count). The minimum atomic E-state index is -4.46. The Hall–Kier alpha value is -1.48. The standard InChI is InChI=1S/C6H7F2N3O3S/c7-6(8)4-5(15(10,13)14)3(9)2(12)1-11-4/h1,6,12H,(H2,9,11)(H2,10,13,14). The van der Waals surface area contributed by atoms with Crippen LogP contribution in [0, 0.1) is 0 Å². The number of nitrogen functional groups attached to an aromatic ring is 1. The number of alkyl halides is 2. The first-order valence-electron chi connectivity index (χ1n) is 3.53. The van der Waals surface area contributed by atoms with E-state index in [1.165, 1.54) is 0 Å². The molecule has 0 aliphatic heterocycles. The van der Waals surface area contributed by atoms with E-state index in [1.807, 2.05) is 0 Å². The van der Waals surface area contributed by atoms with Gasteiger partial charge in [0.15, 0.2) is 5.75 Å². The highest BCUT2D eigenvalue weighted by Gasteiger charge is 2.26. The first-order valence-corrected chi connectivity index (χ1v) is 5.08. The Morgan fingerprint density at radius 3 is 2.40 bits per heavy atom. The second kappa shape index (κ2) is 3.59. The molecule has 0 fully saturated rings. The number of aromatic nitrogens is 1. The Morgan fingerprint density at radius 2 is 2.00 bits per heavy atom. The SMILES string of the molecule is Nc1c(O)cnc(C(F)F)c1S(N)(=O)=O. The van der Waals surface area contributed by atoms with E-state index < -0.39 is 38.5 Å². The van der Waals surface area contributed by atoms with Crippen LogP contribution in [0.25, 0.3) is 0 Å². The minimum absolute atomic E-state index is 0.630. The van der Waals surface area contributed by atoms with E-state index in [0.717, 1.165) is 0 Å². The maximum absolute atomic E-state index is 12.3. The van der Waals surface area contributed by atoms with Crippen molar-refractivity contribution < 1.29 is 22.3 Å². The molecule has 0 saturated carbocycles. The fourth-order valence-corrected chi connectivity index (χ4v) is 1.81. The van der Waals surface area contributed by atoms with E-state index in [0.29, 0.717) is 6.20 Å². The second-order valence-corrected chi connectivity index (χ2v) is 4.12. The molecule has 6 nitrogen and oxygen atoms in total. The van der Waals surface area contributed by atoms with E-state index in [-0.39, 0.29) is 0 Å². The van der Waals surface area contributed by atoms with Gasteiger partial charge in [-0.3, -0.25) is 0 Å². The van der Waals surface area contributed by atoms with E-state index >= 15 is 0 Å². The van der Waals surface area contributed by atoms with Gasteiger partial charge in [0.25, 0.3) is 6.43 Å². The molecular formula is C6H7F2N3O3S. The number of halogens is 2. The molecule has 1 aromatic rings. The summed E-state index contributed by atoms with van der Waals surface area (Å²) in [5.74, 6) is -0.719. The first kappa shape index (κ1) is 11.6. The van der Waals surface area contributed by atoms with Gasteiger partial charge in [-0.2, -0.15) is 0 Å². The molecule has 0 amide bonds. The zero-order valence-corrected chi connectivity index (χ0v) is 8.00. The average Bonchev–Trinajstić information content (AvgIpc) is 2.06. The number of pyridine rings is 1. The molecule has 1 aromatic heterocycles. The van der Waals surface area contributed by atoms with E-state index in [9.17, 15) is 17.2 Å². The molecule has 0 aliphatic carbocycles. The smallest absolute Gasteiger partial charge is 0.281 e. The lowest BCUT2D eigenvalue weighted by Gasteiger charge is -2.09. The monoisotopic (exact) mass is 239 g/mol. The lowest BCUT2D eigenvalue weighted by atomic mass is 10.3. The van der Waals surface area contributed by atoms with E-state index in [1.54, 1.807) is 0 Å². The molecule has 0 aromatic carbocycles. The maximum Gasteiger partial charge on any atom is 0.281 e. The molecule has 0 unspecified atom stereocenters. The van der Waals surface area contributed by atoms with Crippen LogP contribution < -0.4 is 10.9 Å². The van der Waals surface area contributed by atoms with Crippen LogP contribution >= 0.6 is 0 Å². The number of anilines is 1. The Morgan fingerprint density at radius 1 is 1.47 bits per heavy atom. The molecule has 1 heterocycles. The zero-order chi connectivity index (χ0) is 11.8. The minimum Gasteiger partial charge on any atom is -0.504 e. The lowest BCUT2D eigenvalue weighted by molar-refractivity contribution is 0.142. The molecule has 0 atom stereocenters. The van der Waals surface area contributed by atoms with Crippen molar-refractivity contribution in [2.24, 2.45) is 5.14 Å². The molecule has 15 heavy (non-hydrogen) atoms. The summed E-state index contributed by atoms with van der Waals surface area (Å²) in [6, 6.07) is 0. The summed E-state index contributed by atoms with van der Waals surface area (Å²) in [6.45, 7) is 0. The van der Waals surface area contributed by atoms with Gasteiger partial charge in [0.05, 0.1) is 11.9 Å². The van der Waals surface area contributed by atoms with Crippen LogP contribution in [0.15, 0.2) is 11.1 Å². The largest absolute Gasteiger partial charge is 0.504 e. The van der Waals surface area contributed by atoms with Crippen molar-refractivity contribution >= 4 is 15.7 Å². The van der Waals surface area contributed by atoms with Gasteiger partial charge in [0, 0.05) is 0 Å². The van der Waals surface area contributed by atoms with Crippen LogP contribution in [0.3, 0.4) is 0 Å². The topological polar surface area (TPSA) is 119 Å². The van der Waals surface area contributed by atoms with Crippen LogP contribution in [0.5, 0.6) is 5.75 Å². The highest BCUT2D eigenvalue weighted by molar-refractivity contribution is 7.89. The van der Waals surface area contributed by atoms with Crippen LogP contribution in [-0.2, 0) is 10.0 Å². The highest BCUT2D eigenvalue weighted by Crippen LogP contribution is 2.33. The number of aromatic hydroxyl groups is 1. The highest BCUT2D eigenvalue weighted by atomic mass is 32.2. The Bertz CT molecular complexity index is 489. The van der Waals surface area contributed by atoms with Gasteiger partial charge in [-0.05, 0) is 0 Å². The van der Waals surface area contributed by atoms with Gasteiger partial charge in [0.2, 0.25) is 10.0 Å². The molecule has 0 spiro atoms. The van der Waals surface area contributed by atoms with Crippen molar-refractivity contribution in [3.63, 3.8) is 0 Å². The third kappa shape index (κ3) is 2.13. The molecule has 5 N–H and O–H groups in total. The molecule has 0 saturated heterocycles. The van der Waals surface area contributed by atoms with Crippen molar-refractivity contribution in [1.82, 2.24) is 4.98 Å². The molecular weight excluding hydrogens is 232 g/mol. The van der Waals surface area contributed by atoms with E-state index in [2.05, 4.69) is 10.1 Å². The summed E-state index contributed by atoms with van der Waals surface area (Å²) in [7, 11) is -4.46. The Labute approximate surface area is 83.6 Å². The third-order valence-electron chi connectivity index (χ3n) is 1.57. The first-order chi connectivity index (χ1) is 6.75. The average molecular weight is 239 g/mol. The summed E-state index contributed by atoms with van der Waals surface area (Å²) < 4.78 is 46.6. The van der Waals surface area contributed by atoms with Crippen molar-refractivity contribution in [1.29, 1.82) is 0 Å². The van der Waals surface area contributed by atoms with Gasteiger partial charge in [-0.25, -0.2) is 27.3 Å². The van der Waals surface area contributed by atoms with Gasteiger partial charge < -0.3 is 10.8 Å². The van der Waals surface area contributed by atoms with Crippen molar-refractivity contribution in [2.45, 2.75) is 11.3 Å². The fourth-order valence-electron chi connectivity index (χ4n) is 0.968. The third-order valence-corrected chi connectivity index (χ3v) is 2.57. The number of hydrogen-bond acceptors (Lipinski definition) is 5. The molecule has 84 valence electrons. The summed E-state index contributed by atoms with van der Waals surface area (Å²) in [5, 5.41) is 13.7. The van der Waals surface area contributed by atoms with Crippen LogP contribution in [-0.4, -0.2) is 18.5 Å². The Kier molecular flexibility index (Phi) is 2.77. The summed E-state index contributed by atoms with van der Waals surface area (Å²) in [6.07, 6.45) is -2.52. The maximum atomic E-state index is 12.3. The number of rotatable bonds is 2. The number of primary sulfonamides is 1. The van der Waals surface area contributed by atoms with Gasteiger partial charge in [-0.15, -0.1) is 0 Å². The van der Waals surface area contributed by atoms with Crippen molar-refractivity contribution in [3.05, 3.63) is 11.9 Å². The van der Waals surface area contributed by atoms with Crippen LogP contribution in [0.4, 0.5) is 14.5 Å². The summed E-state index contributed by atoms with van der Waals surface area (Å²) in [4.78, 5) is 2.02. The van der Waals surface area contributed by atoms with Gasteiger partial charge >= 0.3 is 0 Å². The van der Waals surface area contributed by atoms with Crippen LogP contribution in [0.1, 0.15) is 12.1 Å². The molecule has 0 radical (unpaired) electrons. The van der Waals surface area contributed by atoms with Crippen LogP contribution in [0.2, 0.25) is 0 Å². The Balaban J connectivity index is 3.65. The molecule has 0 aliphatic rings. The summed E-state index contributed by atoms with van der Waals surface area (Å²) >= 11 is 0. The van der Waals surface area contributed by atoms with Crippen molar-refractivity contribution in [2.75, 3.05) is 5.73 Å². The second-order valence-electron chi connectivity index (χ2n) is 2.62. The van der Waals surface area contributed by atoms with E-state index in [4.69, 9.17) is 10.8 Å².